The van der Waals surface area contributed by atoms with Gasteiger partial charge in [-0.3, -0.25) is 4.79 Å². The van der Waals surface area contributed by atoms with Gasteiger partial charge >= 0.3 is 6.18 Å². The molecule has 9 heteroatoms. The third-order valence-corrected chi connectivity index (χ3v) is 6.23. The lowest BCUT2D eigenvalue weighted by Gasteiger charge is -2.25. The highest BCUT2D eigenvalue weighted by Gasteiger charge is 2.35. The Kier molecular flexibility index (Phi) is 7.79. The number of alkyl halides is 3. The number of benzene rings is 2. The van der Waals surface area contributed by atoms with E-state index < -0.39 is 17.8 Å². The van der Waals surface area contributed by atoms with Crippen LogP contribution in [0.2, 0.25) is 0 Å². The second kappa shape index (κ2) is 11.0. The van der Waals surface area contributed by atoms with Crippen LogP contribution in [-0.2, 0) is 12.7 Å². The normalized spacial score (nSPS) is 14.9. The molecule has 3 aromatic rings. The summed E-state index contributed by atoms with van der Waals surface area (Å²) >= 11 is 0. The fourth-order valence-corrected chi connectivity index (χ4v) is 4.30. The smallest absolute Gasteiger partial charge is 0.416 e. The van der Waals surface area contributed by atoms with Gasteiger partial charge in [-0.05, 0) is 49.0 Å². The highest BCUT2D eigenvalue weighted by atomic mass is 19.4. The zero-order chi connectivity index (χ0) is 25.7. The maximum atomic E-state index is 14.1. The molecule has 1 N–H and O–H groups in total. The standard InChI is InChI=1S/C27H29F3N4O2/c1-31-14-12-24(19-7-4-3-5-8-19)36-21-11-10-20(23(17-21)27(28,29)30)18-34-16-15-33(2)25-22(26(34)35)9-6-13-32-25/h3-11,13,17,24,31H,12,14-16,18H2,1-2H3. The number of nitrogens with one attached hydrogen (secondary N) is 1. The molecular formula is C27H29F3N4O2. The number of rotatable bonds is 8. The number of aromatic nitrogens is 1. The third-order valence-electron chi connectivity index (χ3n) is 6.23. The van der Waals surface area contributed by atoms with E-state index in [2.05, 4.69) is 10.3 Å². The number of amides is 1. The van der Waals surface area contributed by atoms with E-state index in [0.29, 0.717) is 30.9 Å². The van der Waals surface area contributed by atoms with E-state index in [1.165, 1.54) is 11.0 Å². The summed E-state index contributed by atoms with van der Waals surface area (Å²) in [6, 6.07) is 16.7. The predicted molar refractivity (Wildman–Crippen MR) is 132 cm³/mol. The molecule has 1 aromatic heterocycles. The van der Waals surface area contributed by atoms with Crippen LogP contribution in [0.25, 0.3) is 0 Å². The Morgan fingerprint density at radius 3 is 2.58 bits per heavy atom. The van der Waals surface area contributed by atoms with E-state index in [-0.39, 0.29) is 30.3 Å². The number of pyridine rings is 1. The molecule has 0 saturated heterocycles. The van der Waals surface area contributed by atoms with Gasteiger partial charge in [-0.1, -0.05) is 36.4 Å². The Hall–Kier alpha value is -3.59. The zero-order valence-electron chi connectivity index (χ0n) is 20.3. The van der Waals surface area contributed by atoms with Crippen LogP contribution in [-0.4, -0.2) is 49.5 Å². The van der Waals surface area contributed by atoms with Crippen LogP contribution in [0.1, 0.15) is 39.6 Å². The van der Waals surface area contributed by atoms with Crippen molar-refractivity contribution in [1.29, 1.82) is 0 Å². The zero-order valence-corrected chi connectivity index (χ0v) is 20.3. The lowest BCUT2D eigenvalue weighted by molar-refractivity contribution is -0.138. The number of likely N-dealkylation sites (N-methyl/N-ethyl adjacent to an activating group) is 1. The molecule has 1 aliphatic heterocycles. The van der Waals surface area contributed by atoms with Crippen molar-refractivity contribution in [1.82, 2.24) is 15.2 Å². The van der Waals surface area contributed by atoms with Crippen molar-refractivity contribution in [2.75, 3.05) is 38.6 Å². The number of carbonyl (C=O) groups excluding carboxylic acids is 1. The van der Waals surface area contributed by atoms with Crippen molar-refractivity contribution >= 4 is 11.7 Å². The first-order valence-electron chi connectivity index (χ1n) is 11.8. The quantitative estimate of drug-likeness (QED) is 0.478. The fraction of sp³-hybridized carbons (Fsp3) is 0.333. The van der Waals surface area contributed by atoms with E-state index in [1.54, 1.807) is 24.4 Å². The minimum atomic E-state index is -4.60. The van der Waals surface area contributed by atoms with Gasteiger partial charge in [0.1, 0.15) is 17.7 Å². The van der Waals surface area contributed by atoms with E-state index in [0.717, 1.165) is 11.6 Å². The van der Waals surface area contributed by atoms with Gasteiger partial charge in [0, 0.05) is 39.3 Å². The number of anilines is 1. The molecule has 0 fully saturated rings. The van der Waals surface area contributed by atoms with Gasteiger partial charge in [-0.25, -0.2) is 4.98 Å². The van der Waals surface area contributed by atoms with Crippen LogP contribution in [0.3, 0.4) is 0 Å². The van der Waals surface area contributed by atoms with Crippen molar-refractivity contribution in [3.05, 3.63) is 89.1 Å². The average Bonchev–Trinajstić information content (AvgIpc) is 2.99. The topological polar surface area (TPSA) is 57.7 Å². The van der Waals surface area contributed by atoms with Crippen molar-refractivity contribution in [2.24, 2.45) is 0 Å². The molecule has 1 amide bonds. The van der Waals surface area contributed by atoms with Gasteiger partial charge in [0.15, 0.2) is 0 Å². The maximum absolute atomic E-state index is 14.1. The molecule has 0 saturated carbocycles. The summed E-state index contributed by atoms with van der Waals surface area (Å²) in [5.41, 5.74) is 0.472. The Balaban J connectivity index is 1.61. The van der Waals surface area contributed by atoms with Gasteiger partial charge in [0.2, 0.25) is 0 Å². The van der Waals surface area contributed by atoms with Gasteiger partial charge in [0.25, 0.3) is 5.91 Å². The average molecular weight is 499 g/mol. The SMILES string of the molecule is CNCCC(Oc1ccc(CN2CCN(C)c3ncccc3C2=O)c(C(F)(F)F)c1)c1ccccc1. The molecule has 2 aromatic carbocycles. The number of nitrogens with zero attached hydrogens (tertiary/aromatic N) is 3. The summed E-state index contributed by atoms with van der Waals surface area (Å²) < 4.78 is 48.5. The second-order valence-corrected chi connectivity index (χ2v) is 8.75. The van der Waals surface area contributed by atoms with Gasteiger partial charge < -0.3 is 19.9 Å². The summed E-state index contributed by atoms with van der Waals surface area (Å²) in [5, 5.41) is 3.06. The van der Waals surface area contributed by atoms with Crippen LogP contribution < -0.4 is 15.0 Å². The molecule has 0 bridgehead atoms. The van der Waals surface area contributed by atoms with E-state index in [9.17, 15) is 18.0 Å². The Bertz CT molecular complexity index is 1190. The Labute approximate surface area is 208 Å². The summed E-state index contributed by atoms with van der Waals surface area (Å²) in [4.78, 5) is 20.7. The Morgan fingerprint density at radius 1 is 1.08 bits per heavy atom. The number of halogens is 3. The van der Waals surface area contributed by atoms with Gasteiger partial charge in [-0.15, -0.1) is 0 Å². The lowest BCUT2D eigenvalue weighted by atomic mass is 10.0. The number of hydrogen-bond donors (Lipinski definition) is 1. The number of fused-ring (bicyclic) bond motifs is 1. The van der Waals surface area contributed by atoms with Crippen molar-refractivity contribution in [2.45, 2.75) is 25.2 Å². The van der Waals surface area contributed by atoms with Crippen molar-refractivity contribution < 1.29 is 22.7 Å². The molecule has 1 unspecified atom stereocenters. The predicted octanol–water partition coefficient (Wildman–Crippen LogP) is 4.92. The minimum absolute atomic E-state index is 0.0182. The molecule has 190 valence electrons. The lowest BCUT2D eigenvalue weighted by Crippen LogP contribution is -2.34. The molecule has 0 aliphatic carbocycles. The Morgan fingerprint density at radius 2 is 1.86 bits per heavy atom. The van der Waals surface area contributed by atoms with E-state index in [1.807, 2.05) is 49.3 Å². The van der Waals surface area contributed by atoms with Crippen molar-refractivity contribution in [3.63, 3.8) is 0 Å². The molecule has 36 heavy (non-hydrogen) atoms. The van der Waals surface area contributed by atoms with Gasteiger partial charge in [0.05, 0.1) is 11.1 Å². The summed E-state index contributed by atoms with van der Waals surface area (Å²) in [6.45, 7) is 1.22. The first kappa shape index (κ1) is 25.5. The summed E-state index contributed by atoms with van der Waals surface area (Å²) in [6.07, 6.45) is -2.82. The molecule has 1 aliphatic rings. The van der Waals surface area contributed by atoms with Crippen LogP contribution in [0.5, 0.6) is 5.75 Å². The second-order valence-electron chi connectivity index (χ2n) is 8.75. The highest BCUT2D eigenvalue weighted by molar-refractivity contribution is 5.99. The van der Waals surface area contributed by atoms with Crippen LogP contribution in [0.15, 0.2) is 66.9 Å². The highest BCUT2D eigenvalue weighted by Crippen LogP contribution is 2.37. The minimum Gasteiger partial charge on any atom is -0.486 e. The molecule has 1 atom stereocenters. The van der Waals surface area contributed by atoms with Crippen LogP contribution in [0, 0.1) is 0 Å². The molecule has 2 heterocycles. The maximum Gasteiger partial charge on any atom is 0.416 e. The summed E-state index contributed by atoms with van der Waals surface area (Å²) in [7, 11) is 3.63. The largest absolute Gasteiger partial charge is 0.486 e. The molecular weight excluding hydrogens is 469 g/mol. The first-order chi connectivity index (χ1) is 17.3. The monoisotopic (exact) mass is 498 g/mol. The fourth-order valence-electron chi connectivity index (χ4n) is 4.30. The number of ether oxygens (including phenoxy) is 1. The number of hydrogen-bond acceptors (Lipinski definition) is 5. The van der Waals surface area contributed by atoms with Crippen LogP contribution >= 0.6 is 0 Å². The van der Waals surface area contributed by atoms with Crippen molar-refractivity contribution in [3.8, 4) is 5.75 Å². The van der Waals surface area contributed by atoms with Crippen LogP contribution in [0.4, 0.5) is 19.0 Å². The van der Waals surface area contributed by atoms with Gasteiger partial charge in [-0.2, -0.15) is 13.2 Å². The van der Waals surface area contributed by atoms with E-state index >= 15 is 0 Å². The summed E-state index contributed by atoms with van der Waals surface area (Å²) in [5.74, 6) is 0.318. The molecule has 0 spiro atoms. The molecule has 4 rings (SSSR count). The van der Waals surface area contributed by atoms with E-state index in [4.69, 9.17) is 4.74 Å². The number of carbonyl (C=O) groups is 1. The first-order valence-corrected chi connectivity index (χ1v) is 11.8. The third kappa shape index (κ3) is 5.79. The molecule has 0 radical (unpaired) electrons. The molecule has 6 nitrogen and oxygen atoms in total.